The molecule has 1 aromatic rings. The Balaban J connectivity index is 1.07. The minimum absolute atomic E-state index is 0.0428. The number of hydrogen-bond donors (Lipinski definition) is 2. The third kappa shape index (κ3) is 7.59. The van der Waals surface area contributed by atoms with Crippen molar-refractivity contribution in [2.45, 2.75) is 70.1 Å². The maximum atomic E-state index is 12.6. The number of urea groups is 1. The van der Waals surface area contributed by atoms with E-state index < -0.39 is 5.97 Å². The van der Waals surface area contributed by atoms with Gasteiger partial charge in [0.2, 0.25) is 0 Å². The maximum Gasteiger partial charge on any atom is 0.410 e. The molecule has 0 radical (unpaired) electrons. The highest BCUT2D eigenvalue weighted by Crippen LogP contribution is 2.25. The van der Waals surface area contributed by atoms with Crippen LogP contribution in [0.3, 0.4) is 0 Å². The Morgan fingerprint density at radius 3 is 2.14 bits per heavy atom. The number of amides is 3. The number of nitrogens with zero attached hydrogens (tertiary/aromatic N) is 2. The predicted octanol–water partition coefficient (Wildman–Crippen LogP) is 3.87. The summed E-state index contributed by atoms with van der Waals surface area (Å²) in [4.78, 5) is 39.7. The number of nitrogens with one attached hydrogen (secondary N) is 1. The second kappa shape index (κ2) is 12.9. The number of carboxylic acid groups (broad SMARTS) is 1. The zero-order valence-electron chi connectivity index (χ0n) is 21.0. The number of carbonyl (C=O) groups is 3. The van der Waals surface area contributed by atoms with Crippen LogP contribution >= 0.6 is 0 Å². The second-order valence-electron chi connectivity index (χ2n) is 10.3. The molecule has 0 spiro atoms. The summed E-state index contributed by atoms with van der Waals surface area (Å²) < 4.78 is 11.6. The van der Waals surface area contributed by atoms with E-state index in [9.17, 15) is 14.4 Å². The minimum Gasteiger partial charge on any atom is -0.481 e. The van der Waals surface area contributed by atoms with Gasteiger partial charge in [-0.05, 0) is 62.8 Å². The third-order valence-corrected chi connectivity index (χ3v) is 7.78. The van der Waals surface area contributed by atoms with Crippen LogP contribution in [0.5, 0.6) is 0 Å². The van der Waals surface area contributed by atoms with Crippen LogP contribution in [-0.2, 0) is 20.9 Å². The highest BCUT2D eigenvalue weighted by atomic mass is 16.6. The maximum absolute atomic E-state index is 12.6. The van der Waals surface area contributed by atoms with Gasteiger partial charge in [-0.15, -0.1) is 0 Å². The normalized spacial score (nSPS) is 23.8. The first kappa shape index (κ1) is 26.3. The molecule has 1 aromatic carbocycles. The Labute approximate surface area is 213 Å². The average Bonchev–Trinajstić information content (AvgIpc) is 2.92. The molecule has 3 fully saturated rings. The molecule has 0 unspecified atom stereocenters. The lowest BCUT2D eigenvalue weighted by molar-refractivity contribution is -0.142. The summed E-state index contributed by atoms with van der Waals surface area (Å²) >= 11 is 0. The molecule has 2 aliphatic heterocycles. The zero-order valence-corrected chi connectivity index (χ0v) is 21.0. The van der Waals surface area contributed by atoms with Crippen molar-refractivity contribution in [2.24, 2.45) is 11.8 Å². The second-order valence-corrected chi connectivity index (χ2v) is 10.3. The average molecular weight is 502 g/mol. The minimum atomic E-state index is -0.728. The summed E-state index contributed by atoms with van der Waals surface area (Å²) in [7, 11) is 0. The Morgan fingerprint density at radius 1 is 0.861 bits per heavy atom. The van der Waals surface area contributed by atoms with E-state index in [0.717, 1.165) is 44.1 Å². The zero-order chi connectivity index (χ0) is 25.3. The van der Waals surface area contributed by atoms with Crippen LogP contribution < -0.4 is 5.32 Å². The van der Waals surface area contributed by atoms with E-state index in [1.807, 2.05) is 35.2 Å². The van der Waals surface area contributed by atoms with Gasteiger partial charge in [0, 0.05) is 38.8 Å². The summed E-state index contributed by atoms with van der Waals surface area (Å²) in [6.07, 6.45) is 6.09. The van der Waals surface area contributed by atoms with E-state index in [-0.39, 0.29) is 30.2 Å². The van der Waals surface area contributed by atoms with Crippen LogP contribution in [0.1, 0.15) is 56.9 Å². The summed E-state index contributed by atoms with van der Waals surface area (Å²) in [5.41, 5.74) is 0.987. The van der Waals surface area contributed by atoms with E-state index in [1.165, 1.54) is 0 Å². The number of likely N-dealkylation sites (tertiary alicyclic amines) is 2. The van der Waals surface area contributed by atoms with Crippen molar-refractivity contribution in [3.8, 4) is 0 Å². The highest BCUT2D eigenvalue weighted by Gasteiger charge is 2.30. The number of rotatable bonds is 7. The lowest BCUT2D eigenvalue weighted by Gasteiger charge is -2.36. The molecule has 3 aliphatic rings. The van der Waals surface area contributed by atoms with E-state index in [1.54, 1.807) is 4.90 Å². The molecule has 0 atom stereocenters. The smallest absolute Gasteiger partial charge is 0.410 e. The molecule has 2 N–H and O–H groups in total. The summed E-state index contributed by atoms with van der Waals surface area (Å²) in [6, 6.07) is 9.73. The number of hydrogen-bond acceptors (Lipinski definition) is 5. The van der Waals surface area contributed by atoms with Crippen LogP contribution in [0.4, 0.5) is 9.59 Å². The molecule has 0 bridgehead atoms. The first-order chi connectivity index (χ1) is 17.5. The molecule has 3 amide bonds. The van der Waals surface area contributed by atoms with Crippen molar-refractivity contribution >= 4 is 18.1 Å². The summed E-state index contributed by atoms with van der Waals surface area (Å²) in [5.74, 6) is -0.564. The fourth-order valence-electron chi connectivity index (χ4n) is 5.34. The monoisotopic (exact) mass is 501 g/mol. The number of benzene rings is 1. The molecule has 9 heteroatoms. The Kier molecular flexibility index (Phi) is 9.44. The van der Waals surface area contributed by atoms with Crippen molar-refractivity contribution in [3.05, 3.63) is 35.9 Å². The van der Waals surface area contributed by atoms with Crippen LogP contribution in [-0.4, -0.2) is 77.9 Å². The van der Waals surface area contributed by atoms with Gasteiger partial charge in [-0.25, -0.2) is 9.59 Å². The Bertz CT molecular complexity index is 858. The van der Waals surface area contributed by atoms with Crippen LogP contribution in [0.25, 0.3) is 0 Å². The van der Waals surface area contributed by atoms with Gasteiger partial charge in [-0.3, -0.25) is 4.79 Å². The quantitative estimate of drug-likeness (QED) is 0.587. The van der Waals surface area contributed by atoms with Gasteiger partial charge in [0.25, 0.3) is 0 Å². The molecule has 2 saturated heterocycles. The molecule has 4 rings (SSSR count). The topological polar surface area (TPSA) is 108 Å². The van der Waals surface area contributed by atoms with Gasteiger partial charge in [0.05, 0.1) is 12.0 Å². The first-order valence-electron chi connectivity index (χ1n) is 13.3. The molecule has 0 aromatic heterocycles. The number of ether oxygens (including phenoxy) is 2. The van der Waals surface area contributed by atoms with Gasteiger partial charge in [-0.2, -0.15) is 0 Å². The van der Waals surface area contributed by atoms with Crippen LogP contribution in [0.2, 0.25) is 0 Å². The van der Waals surface area contributed by atoms with Crippen molar-refractivity contribution < 1.29 is 29.0 Å². The van der Waals surface area contributed by atoms with Crippen molar-refractivity contribution in [2.75, 3.05) is 32.8 Å². The van der Waals surface area contributed by atoms with Gasteiger partial charge >= 0.3 is 18.1 Å². The van der Waals surface area contributed by atoms with Crippen molar-refractivity contribution in [3.63, 3.8) is 0 Å². The molecule has 9 nitrogen and oxygen atoms in total. The van der Waals surface area contributed by atoms with E-state index in [4.69, 9.17) is 14.6 Å². The van der Waals surface area contributed by atoms with E-state index >= 15 is 0 Å². The summed E-state index contributed by atoms with van der Waals surface area (Å²) in [6.45, 7) is 3.71. The number of carboxylic acids is 1. The van der Waals surface area contributed by atoms with Gasteiger partial charge in [0.1, 0.15) is 6.61 Å². The number of aliphatic carboxylic acids is 1. The van der Waals surface area contributed by atoms with E-state index in [2.05, 4.69) is 5.32 Å². The van der Waals surface area contributed by atoms with Gasteiger partial charge in [-0.1, -0.05) is 30.3 Å². The summed E-state index contributed by atoms with van der Waals surface area (Å²) in [5, 5.41) is 12.2. The molecule has 36 heavy (non-hydrogen) atoms. The SMILES string of the molecule is O=C(N[C@H]1CC[C@H](C(=O)O)CC1)N1CCC(OCC2CCN(C(=O)OCc3ccccc3)CC2)CC1. The Morgan fingerprint density at radius 2 is 1.50 bits per heavy atom. The molecular weight excluding hydrogens is 462 g/mol. The molecular formula is C27H39N3O6. The lowest BCUT2D eigenvalue weighted by Crippen LogP contribution is -2.50. The molecule has 198 valence electrons. The van der Waals surface area contributed by atoms with E-state index in [0.29, 0.717) is 58.2 Å². The first-order valence-corrected chi connectivity index (χ1v) is 13.3. The number of carbonyl (C=O) groups excluding carboxylic acids is 2. The van der Waals surface area contributed by atoms with Gasteiger partial charge in [0.15, 0.2) is 0 Å². The van der Waals surface area contributed by atoms with Crippen molar-refractivity contribution in [1.82, 2.24) is 15.1 Å². The fourth-order valence-corrected chi connectivity index (χ4v) is 5.34. The highest BCUT2D eigenvalue weighted by molar-refractivity contribution is 5.75. The lowest BCUT2D eigenvalue weighted by atomic mass is 9.86. The Hall–Kier alpha value is -2.81. The van der Waals surface area contributed by atoms with Gasteiger partial charge < -0.3 is 29.7 Å². The predicted molar refractivity (Wildman–Crippen MR) is 133 cm³/mol. The third-order valence-electron chi connectivity index (χ3n) is 7.78. The van der Waals surface area contributed by atoms with Crippen molar-refractivity contribution in [1.29, 1.82) is 0 Å². The molecule has 2 heterocycles. The standard InChI is InChI=1S/C27H39N3O6/c31-25(32)22-6-8-23(9-7-22)28-26(33)29-16-12-24(13-17-29)35-18-21-10-14-30(15-11-21)27(34)36-19-20-4-2-1-3-5-20/h1-5,21-24H,6-19H2,(H,28,33)(H,31,32)/t22-,23-. The van der Waals surface area contributed by atoms with Crippen LogP contribution in [0, 0.1) is 11.8 Å². The molecule has 1 saturated carbocycles. The van der Waals surface area contributed by atoms with Crippen LogP contribution in [0.15, 0.2) is 30.3 Å². The molecule has 1 aliphatic carbocycles. The largest absolute Gasteiger partial charge is 0.481 e. The fraction of sp³-hybridized carbons (Fsp3) is 0.667. The number of piperidine rings is 2.